The van der Waals surface area contributed by atoms with E-state index in [0.29, 0.717) is 30.8 Å². The van der Waals surface area contributed by atoms with Gasteiger partial charge in [-0.25, -0.2) is 0 Å². The van der Waals surface area contributed by atoms with Gasteiger partial charge in [-0.05, 0) is 32.2 Å². The molecule has 0 aliphatic heterocycles. The van der Waals surface area contributed by atoms with Crippen LogP contribution >= 0.6 is 0 Å². The Hall–Kier alpha value is -2.50. The first-order valence-corrected chi connectivity index (χ1v) is 8.27. The fourth-order valence-electron chi connectivity index (χ4n) is 3.10. The molecular formula is C20H22N2O3. The molecule has 0 spiro atoms. The summed E-state index contributed by atoms with van der Waals surface area (Å²) in [6, 6.07) is 11.3. The van der Waals surface area contributed by atoms with Crippen molar-refractivity contribution in [2.75, 3.05) is 33.9 Å². The van der Waals surface area contributed by atoms with E-state index < -0.39 is 0 Å². The van der Waals surface area contributed by atoms with Gasteiger partial charge in [0.1, 0.15) is 0 Å². The first kappa shape index (κ1) is 17.3. The van der Waals surface area contributed by atoms with Gasteiger partial charge in [-0.15, -0.1) is 0 Å². The van der Waals surface area contributed by atoms with Gasteiger partial charge >= 0.3 is 0 Å². The molecule has 0 saturated carbocycles. The Balaban J connectivity index is 2.10. The zero-order valence-electron chi connectivity index (χ0n) is 14.8. The molecule has 2 aromatic heterocycles. The molecule has 1 aromatic carbocycles. The van der Waals surface area contributed by atoms with Crippen LogP contribution in [0.4, 0.5) is 0 Å². The molecule has 130 valence electrons. The summed E-state index contributed by atoms with van der Waals surface area (Å²) in [5, 5.41) is 0.876. The van der Waals surface area contributed by atoms with Crippen LogP contribution in [0.15, 0.2) is 42.6 Å². The summed E-state index contributed by atoms with van der Waals surface area (Å²) < 4.78 is 7.05. The fraction of sp³-hybridized carbons (Fsp3) is 0.300. The van der Waals surface area contributed by atoms with E-state index in [1.807, 2.05) is 52.9 Å². The number of nitrogens with zero attached hydrogens (tertiary/aromatic N) is 2. The van der Waals surface area contributed by atoms with Crippen LogP contribution in [0.3, 0.4) is 0 Å². The Bertz CT molecular complexity index is 943. The van der Waals surface area contributed by atoms with E-state index in [1.165, 1.54) is 0 Å². The third-order valence-corrected chi connectivity index (χ3v) is 4.42. The topological polar surface area (TPSA) is 51.0 Å². The van der Waals surface area contributed by atoms with Crippen LogP contribution in [0.5, 0.6) is 0 Å². The largest absolute Gasteiger partial charge is 0.383 e. The molecule has 0 saturated heterocycles. The number of hydrogen-bond acceptors (Lipinski definition) is 4. The van der Waals surface area contributed by atoms with E-state index in [-0.39, 0.29) is 11.6 Å². The molecule has 25 heavy (non-hydrogen) atoms. The maximum absolute atomic E-state index is 13.0. The SMILES string of the molecule is COCCN(C)CC(=O)c1c2ccc(C(C)=O)cc2n2ccccc12. The predicted octanol–water partition coefficient (Wildman–Crippen LogP) is 3.06. The Kier molecular flexibility index (Phi) is 4.97. The zero-order chi connectivity index (χ0) is 18.0. The smallest absolute Gasteiger partial charge is 0.179 e. The average molecular weight is 338 g/mol. The van der Waals surface area contributed by atoms with Crippen molar-refractivity contribution in [1.29, 1.82) is 0 Å². The van der Waals surface area contributed by atoms with Gasteiger partial charge < -0.3 is 9.14 Å². The maximum atomic E-state index is 13.0. The molecule has 0 atom stereocenters. The number of carbonyl (C=O) groups excluding carboxylic acids is 2. The van der Waals surface area contributed by atoms with Gasteiger partial charge in [0.15, 0.2) is 11.6 Å². The van der Waals surface area contributed by atoms with Crippen molar-refractivity contribution in [3.8, 4) is 0 Å². The summed E-state index contributed by atoms with van der Waals surface area (Å²) in [6.45, 7) is 3.15. The Labute approximate surface area is 146 Å². The van der Waals surface area contributed by atoms with Gasteiger partial charge in [-0.2, -0.15) is 0 Å². The number of pyridine rings is 1. The van der Waals surface area contributed by atoms with Gasteiger partial charge in [0, 0.05) is 30.8 Å². The number of benzene rings is 1. The number of likely N-dealkylation sites (N-methyl/N-ethyl adjacent to an activating group) is 1. The minimum absolute atomic E-state index is 0.0138. The van der Waals surface area contributed by atoms with Gasteiger partial charge in [0.25, 0.3) is 0 Å². The summed E-state index contributed by atoms with van der Waals surface area (Å²) in [6.07, 6.45) is 1.92. The monoisotopic (exact) mass is 338 g/mol. The molecule has 2 heterocycles. The molecule has 5 nitrogen and oxygen atoms in total. The van der Waals surface area contributed by atoms with Crippen LogP contribution in [-0.4, -0.2) is 54.7 Å². The first-order chi connectivity index (χ1) is 12.0. The highest BCUT2D eigenvalue weighted by atomic mass is 16.5. The molecule has 3 rings (SSSR count). The Morgan fingerprint density at radius 2 is 1.96 bits per heavy atom. The molecule has 0 aliphatic carbocycles. The normalized spacial score (nSPS) is 11.5. The first-order valence-electron chi connectivity index (χ1n) is 8.27. The second-order valence-electron chi connectivity index (χ2n) is 6.27. The van der Waals surface area contributed by atoms with Crippen LogP contribution in [0.1, 0.15) is 27.6 Å². The van der Waals surface area contributed by atoms with Gasteiger partial charge in [0.2, 0.25) is 0 Å². The molecule has 5 heteroatoms. The molecule has 0 aliphatic rings. The van der Waals surface area contributed by atoms with E-state index >= 15 is 0 Å². The van der Waals surface area contributed by atoms with Crippen LogP contribution < -0.4 is 0 Å². The van der Waals surface area contributed by atoms with Crippen LogP contribution in [0.2, 0.25) is 0 Å². The van der Waals surface area contributed by atoms with Crippen molar-refractivity contribution in [3.63, 3.8) is 0 Å². The quantitative estimate of drug-likeness (QED) is 0.621. The molecule has 0 N–H and O–H groups in total. The van der Waals surface area contributed by atoms with E-state index in [2.05, 4.69) is 0 Å². The van der Waals surface area contributed by atoms with E-state index in [1.54, 1.807) is 20.1 Å². The number of carbonyl (C=O) groups is 2. The number of Topliss-reactive ketones (excluding diaryl/α,β-unsaturated/α-hetero) is 2. The number of ether oxygens (including phenoxy) is 1. The molecule has 0 bridgehead atoms. The van der Waals surface area contributed by atoms with Crippen molar-refractivity contribution in [1.82, 2.24) is 9.30 Å². The lowest BCUT2D eigenvalue weighted by Gasteiger charge is -2.14. The second kappa shape index (κ2) is 7.17. The van der Waals surface area contributed by atoms with Crippen molar-refractivity contribution in [3.05, 3.63) is 53.7 Å². The number of ketones is 2. The predicted molar refractivity (Wildman–Crippen MR) is 98.6 cm³/mol. The minimum Gasteiger partial charge on any atom is -0.383 e. The summed E-state index contributed by atoms with van der Waals surface area (Å²) >= 11 is 0. The van der Waals surface area contributed by atoms with Crippen LogP contribution in [0, 0.1) is 0 Å². The lowest BCUT2D eigenvalue weighted by molar-refractivity contribution is 0.0925. The fourth-order valence-corrected chi connectivity index (χ4v) is 3.10. The van der Waals surface area contributed by atoms with Crippen LogP contribution in [-0.2, 0) is 4.74 Å². The number of aromatic nitrogens is 1. The minimum atomic E-state index is 0.0138. The van der Waals surface area contributed by atoms with Crippen molar-refractivity contribution in [2.24, 2.45) is 0 Å². The number of rotatable bonds is 7. The summed E-state index contributed by atoms with van der Waals surface area (Å²) in [7, 11) is 3.56. The average Bonchev–Trinajstić information content (AvgIpc) is 2.93. The Morgan fingerprint density at radius 3 is 2.68 bits per heavy atom. The zero-order valence-corrected chi connectivity index (χ0v) is 14.8. The molecule has 0 radical (unpaired) electrons. The van der Waals surface area contributed by atoms with Crippen molar-refractivity contribution in [2.45, 2.75) is 6.92 Å². The number of hydrogen-bond donors (Lipinski definition) is 0. The third-order valence-electron chi connectivity index (χ3n) is 4.42. The number of fused-ring (bicyclic) bond motifs is 3. The standard InChI is InChI=1S/C20H22N2O3/c1-14(23)15-7-8-16-18(12-15)22-9-5-4-6-17(22)20(16)19(24)13-21(2)10-11-25-3/h4-9,12H,10-11,13H2,1-3H3. The van der Waals surface area contributed by atoms with Gasteiger partial charge in [-0.1, -0.05) is 18.2 Å². The summed E-state index contributed by atoms with van der Waals surface area (Å²) in [4.78, 5) is 26.6. The second-order valence-corrected chi connectivity index (χ2v) is 6.27. The number of methoxy groups -OCH3 is 1. The molecular weight excluding hydrogens is 316 g/mol. The highest BCUT2D eigenvalue weighted by Crippen LogP contribution is 2.28. The highest BCUT2D eigenvalue weighted by molar-refractivity contribution is 6.16. The maximum Gasteiger partial charge on any atom is 0.179 e. The van der Waals surface area contributed by atoms with E-state index in [9.17, 15) is 9.59 Å². The van der Waals surface area contributed by atoms with Gasteiger partial charge in [0.05, 0.1) is 29.7 Å². The van der Waals surface area contributed by atoms with Crippen LogP contribution in [0.25, 0.3) is 16.4 Å². The molecule has 0 fully saturated rings. The van der Waals surface area contributed by atoms with Gasteiger partial charge in [-0.3, -0.25) is 14.5 Å². The van der Waals surface area contributed by atoms with E-state index in [4.69, 9.17) is 4.74 Å². The third kappa shape index (κ3) is 3.34. The van der Waals surface area contributed by atoms with Crippen molar-refractivity contribution < 1.29 is 14.3 Å². The summed E-state index contributed by atoms with van der Waals surface area (Å²) in [5.74, 6) is 0.0767. The Morgan fingerprint density at radius 1 is 1.16 bits per heavy atom. The highest BCUT2D eigenvalue weighted by Gasteiger charge is 2.19. The lowest BCUT2D eigenvalue weighted by atomic mass is 10.0. The van der Waals surface area contributed by atoms with E-state index in [0.717, 1.165) is 16.4 Å². The molecule has 0 unspecified atom stereocenters. The summed E-state index contributed by atoms with van der Waals surface area (Å²) in [5.41, 5.74) is 3.09. The molecule has 0 amide bonds. The lowest BCUT2D eigenvalue weighted by Crippen LogP contribution is -2.29. The van der Waals surface area contributed by atoms with Crippen molar-refractivity contribution >= 4 is 28.0 Å². The molecule has 3 aromatic rings.